The van der Waals surface area contributed by atoms with Gasteiger partial charge in [-0.3, -0.25) is 4.79 Å². The monoisotopic (exact) mass is 240 g/mol. The van der Waals surface area contributed by atoms with Crippen LogP contribution in [-0.2, 0) is 9.53 Å². The number of ether oxygens (including phenoxy) is 1. The quantitative estimate of drug-likeness (QED) is 0.796. The topological polar surface area (TPSA) is 41.6 Å². The van der Waals surface area contributed by atoms with Gasteiger partial charge < -0.3 is 15.0 Å². The normalized spacial score (nSPS) is 27.1. The summed E-state index contributed by atoms with van der Waals surface area (Å²) in [5.41, 5.74) is 0. The highest BCUT2D eigenvalue weighted by Gasteiger charge is 2.29. The molecule has 0 spiro atoms. The standard InChI is InChI=1S/C13H24N2O2/c1-17-10-11-3-2-8-15(9-11)13(16)12-4-6-14-7-5-12/h11-12,14H,2-10H2,1H3/t11-/m0/s1. The van der Waals surface area contributed by atoms with Crippen molar-refractivity contribution in [1.82, 2.24) is 10.2 Å². The number of likely N-dealkylation sites (tertiary alicyclic amines) is 1. The van der Waals surface area contributed by atoms with Gasteiger partial charge in [-0.25, -0.2) is 0 Å². The van der Waals surface area contributed by atoms with Crippen LogP contribution in [0.2, 0.25) is 0 Å². The molecule has 1 atom stereocenters. The first-order valence-electron chi connectivity index (χ1n) is 6.79. The van der Waals surface area contributed by atoms with Gasteiger partial charge in [0.05, 0.1) is 6.61 Å². The molecule has 0 radical (unpaired) electrons. The number of carbonyl (C=O) groups is 1. The summed E-state index contributed by atoms with van der Waals surface area (Å²) in [7, 11) is 1.74. The van der Waals surface area contributed by atoms with Gasteiger partial charge in [0.2, 0.25) is 5.91 Å². The first-order valence-corrected chi connectivity index (χ1v) is 6.79. The number of rotatable bonds is 3. The van der Waals surface area contributed by atoms with Crippen LogP contribution in [0, 0.1) is 11.8 Å². The van der Waals surface area contributed by atoms with Gasteiger partial charge in [-0.2, -0.15) is 0 Å². The molecule has 1 N–H and O–H groups in total. The van der Waals surface area contributed by atoms with Gasteiger partial charge >= 0.3 is 0 Å². The molecule has 1 amide bonds. The zero-order valence-corrected chi connectivity index (χ0v) is 10.8. The molecule has 4 heteroatoms. The number of nitrogens with zero attached hydrogens (tertiary/aromatic N) is 1. The first-order chi connectivity index (χ1) is 8.31. The van der Waals surface area contributed by atoms with Gasteiger partial charge in [0.1, 0.15) is 0 Å². The summed E-state index contributed by atoms with van der Waals surface area (Å²) >= 11 is 0. The van der Waals surface area contributed by atoms with Gasteiger partial charge in [-0.1, -0.05) is 0 Å². The highest BCUT2D eigenvalue weighted by molar-refractivity contribution is 5.79. The molecule has 17 heavy (non-hydrogen) atoms. The molecule has 0 bridgehead atoms. The Labute approximate surface area is 104 Å². The third-order valence-electron chi connectivity index (χ3n) is 3.92. The van der Waals surface area contributed by atoms with Crippen molar-refractivity contribution in [3.8, 4) is 0 Å². The molecule has 4 nitrogen and oxygen atoms in total. The van der Waals surface area contributed by atoms with Crippen molar-refractivity contribution in [1.29, 1.82) is 0 Å². The lowest BCUT2D eigenvalue weighted by molar-refractivity contribution is -0.138. The molecule has 2 saturated heterocycles. The molecular formula is C13H24N2O2. The third kappa shape index (κ3) is 3.42. The number of hydrogen-bond acceptors (Lipinski definition) is 3. The van der Waals surface area contributed by atoms with Crippen molar-refractivity contribution in [2.75, 3.05) is 39.9 Å². The van der Waals surface area contributed by atoms with Crippen molar-refractivity contribution >= 4 is 5.91 Å². The van der Waals surface area contributed by atoms with E-state index in [1.165, 1.54) is 6.42 Å². The minimum atomic E-state index is 0.262. The fraction of sp³-hybridized carbons (Fsp3) is 0.923. The molecule has 0 saturated carbocycles. The lowest BCUT2D eigenvalue weighted by Crippen LogP contribution is -2.46. The Hall–Kier alpha value is -0.610. The van der Waals surface area contributed by atoms with Gasteiger partial charge in [-0.15, -0.1) is 0 Å². The second-order valence-corrected chi connectivity index (χ2v) is 5.27. The molecular weight excluding hydrogens is 216 g/mol. The number of nitrogens with one attached hydrogen (secondary N) is 1. The van der Waals surface area contributed by atoms with Crippen molar-refractivity contribution < 1.29 is 9.53 Å². The summed E-state index contributed by atoms with van der Waals surface area (Å²) in [5.74, 6) is 1.18. The molecule has 2 aliphatic heterocycles. The van der Waals surface area contributed by atoms with Gasteiger partial charge in [0, 0.05) is 26.1 Å². The van der Waals surface area contributed by atoms with Gasteiger partial charge in [0.15, 0.2) is 0 Å². The van der Waals surface area contributed by atoms with E-state index in [0.717, 1.165) is 52.0 Å². The van der Waals surface area contributed by atoms with Crippen LogP contribution in [-0.4, -0.2) is 50.7 Å². The summed E-state index contributed by atoms with van der Waals surface area (Å²) in [5, 5.41) is 3.31. The maximum Gasteiger partial charge on any atom is 0.225 e. The zero-order valence-electron chi connectivity index (χ0n) is 10.8. The molecule has 2 heterocycles. The van der Waals surface area contributed by atoms with Crippen molar-refractivity contribution in [3.63, 3.8) is 0 Å². The number of piperidine rings is 2. The van der Waals surface area contributed by atoms with E-state index in [1.807, 2.05) is 0 Å². The van der Waals surface area contributed by atoms with Crippen LogP contribution in [0.5, 0.6) is 0 Å². The molecule has 0 aromatic heterocycles. The van der Waals surface area contributed by atoms with Crippen LogP contribution in [0.4, 0.5) is 0 Å². The Morgan fingerprint density at radius 1 is 1.35 bits per heavy atom. The first kappa shape index (κ1) is 12.8. The van der Waals surface area contributed by atoms with Crippen LogP contribution in [0.25, 0.3) is 0 Å². The van der Waals surface area contributed by atoms with Crippen LogP contribution < -0.4 is 5.32 Å². The van der Waals surface area contributed by atoms with E-state index in [4.69, 9.17) is 4.74 Å². The Bertz CT molecular complexity index is 250. The Morgan fingerprint density at radius 2 is 2.12 bits per heavy atom. The number of carbonyl (C=O) groups excluding carboxylic acids is 1. The Morgan fingerprint density at radius 3 is 2.82 bits per heavy atom. The zero-order chi connectivity index (χ0) is 12.1. The summed E-state index contributed by atoms with van der Waals surface area (Å²) in [6.45, 7) is 4.62. The van der Waals surface area contributed by atoms with E-state index in [1.54, 1.807) is 7.11 Å². The second-order valence-electron chi connectivity index (χ2n) is 5.27. The van der Waals surface area contributed by atoms with E-state index in [0.29, 0.717) is 11.8 Å². The van der Waals surface area contributed by atoms with Crippen LogP contribution in [0.15, 0.2) is 0 Å². The second kappa shape index (κ2) is 6.36. The van der Waals surface area contributed by atoms with Crippen molar-refractivity contribution in [2.45, 2.75) is 25.7 Å². The molecule has 0 aromatic rings. The molecule has 2 rings (SSSR count). The molecule has 2 aliphatic rings. The number of hydrogen-bond donors (Lipinski definition) is 1. The molecule has 0 unspecified atom stereocenters. The summed E-state index contributed by atoms with van der Waals surface area (Å²) in [6.07, 6.45) is 4.34. The highest BCUT2D eigenvalue weighted by atomic mass is 16.5. The van der Waals surface area contributed by atoms with E-state index >= 15 is 0 Å². The largest absolute Gasteiger partial charge is 0.384 e. The predicted molar refractivity (Wildman–Crippen MR) is 66.8 cm³/mol. The SMILES string of the molecule is COC[C@H]1CCCN(C(=O)C2CCNCC2)C1. The maximum absolute atomic E-state index is 12.4. The van der Waals surface area contributed by atoms with Gasteiger partial charge in [-0.05, 0) is 44.7 Å². The molecule has 2 fully saturated rings. The molecule has 0 aliphatic carbocycles. The number of methoxy groups -OCH3 is 1. The summed E-state index contributed by atoms with van der Waals surface area (Å²) in [6, 6.07) is 0. The van der Waals surface area contributed by atoms with Gasteiger partial charge in [0.25, 0.3) is 0 Å². The fourth-order valence-electron chi connectivity index (χ4n) is 2.96. The number of amides is 1. The highest BCUT2D eigenvalue weighted by Crippen LogP contribution is 2.21. The van der Waals surface area contributed by atoms with Crippen LogP contribution in [0.1, 0.15) is 25.7 Å². The average Bonchev–Trinajstić information content (AvgIpc) is 2.40. The summed E-state index contributed by atoms with van der Waals surface area (Å²) < 4.78 is 5.21. The Balaban J connectivity index is 1.85. The lowest BCUT2D eigenvalue weighted by atomic mass is 9.93. The minimum absolute atomic E-state index is 0.262. The van der Waals surface area contributed by atoms with E-state index < -0.39 is 0 Å². The fourth-order valence-corrected chi connectivity index (χ4v) is 2.96. The van der Waals surface area contributed by atoms with E-state index in [2.05, 4.69) is 10.2 Å². The van der Waals surface area contributed by atoms with E-state index in [9.17, 15) is 4.79 Å². The van der Waals surface area contributed by atoms with Crippen LogP contribution >= 0.6 is 0 Å². The molecule has 98 valence electrons. The smallest absolute Gasteiger partial charge is 0.225 e. The lowest BCUT2D eigenvalue weighted by Gasteiger charge is -2.35. The van der Waals surface area contributed by atoms with Crippen LogP contribution in [0.3, 0.4) is 0 Å². The molecule has 0 aromatic carbocycles. The third-order valence-corrected chi connectivity index (χ3v) is 3.92. The van der Waals surface area contributed by atoms with E-state index in [-0.39, 0.29) is 5.92 Å². The Kier molecular flexibility index (Phi) is 4.80. The van der Waals surface area contributed by atoms with Crippen molar-refractivity contribution in [2.24, 2.45) is 11.8 Å². The summed E-state index contributed by atoms with van der Waals surface area (Å²) in [4.78, 5) is 14.4. The van der Waals surface area contributed by atoms with Crippen molar-refractivity contribution in [3.05, 3.63) is 0 Å². The predicted octanol–water partition coefficient (Wildman–Crippen LogP) is 0.871. The minimum Gasteiger partial charge on any atom is -0.384 e. The maximum atomic E-state index is 12.4. The average molecular weight is 240 g/mol.